The van der Waals surface area contributed by atoms with Crippen LogP contribution in [0.15, 0.2) is 0 Å². The maximum Gasteiger partial charge on any atom is 0.0862 e. The molecule has 25 heavy (non-hydrogen) atoms. The van der Waals surface area contributed by atoms with Crippen molar-refractivity contribution in [2.24, 2.45) is 5.41 Å². The van der Waals surface area contributed by atoms with E-state index in [1.54, 1.807) is 0 Å². The minimum Gasteiger partial charge on any atom is -0.321 e. The van der Waals surface area contributed by atoms with Crippen molar-refractivity contribution in [1.29, 1.82) is 0 Å². The zero-order valence-corrected chi connectivity index (χ0v) is 19.1. The third kappa shape index (κ3) is 10.6. The highest BCUT2D eigenvalue weighted by molar-refractivity contribution is 4.71. The summed E-state index contributed by atoms with van der Waals surface area (Å²) in [7, 11) is 0. The summed E-state index contributed by atoms with van der Waals surface area (Å²) in [6.45, 7) is 21.2. The summed E-state index contributed by atoms with van der Waals surface area (Å²) in [6.07, 6.45) is 16.6. The summed E-state index contributed by atoms with van der Waals surface area (Å²) < 4.78 is 1.40. The average Bonchev–Trinajstić information content (AvgIpc) is 2.59. The molecule has 0 aliphatic carbocycles. The van der Waals surface area contributed by atoms with Gasteiger partial charge in [-0.05, 0) is 50.9 Å². The first kappa shape index (κ1) is 25.0. The lowest BCUT2D eigenvalue weighted by atomic mass is 9.81. The fourth-order valence-electron chi connectivity index (χ4n) is 4.27. The molecular weight excluding hydrogens is 302 g/mol. The van der Waals surface area contributed by atoms with Crippen LogP contribution in [0.25, 0.3) is 0 Å². The van der Waals surface area contributed by atoms with Crippen molar-refractivity contribution in [2.75, 3.05) is 19.6 Å². The first-order chi connectivity index (χ1) is 11.9. The van der Waals surface area contributed by atoms with Gasteiger partial charge in [-0.25, -0.2) is 0 Å². The number of hydrogen-bond donors (Lipinski definition) is 0. The normalized spacial score (nSPS) is 14.0. The molecule has 0 radical (unpaired) electrons. The van der Waals surface area contributed by atoms with Crippen LogP contribution in [0.3, 0.4) is 0 Å². The van der Waals surface area contributed by atoms with E-state index in [1.165, 1.54) is 101 Å². The smallest absolute Gasteiger partial charge is 0.0862 e. The van der Waals surface area contributed by atoms with Crippen LogP contribution < -0.4 is 0 Å². The molecular formula is C24H52N+. The Kier molecular flexibility index (Phi) is 14.0. The molecule has 0 N–H and O–H groups in total. The quantitative estimate of drug-likeness (QED) is 0.183. The molecule has 1 nitrogen and oxygen atoms in total. The van der Waals surface area contributed by atoms with E-state index in [9.17, 15) is 0 Å². The van der Waals surface area contributed by atoms with Crippen LogP contribution in [0.2, 0.25) is 0 Å². The molecule has 0 saturated heterocycles. The third-order valence-corrected chi connectivity index (χ3v) is 6.50. The van der Waals surface area contributed by atoms with Crippen molar-refractivity contribution in [1.82, 2.24) is 0 Å². The number of rotatable bonds is 17. The highest BCUT2D eigenvalue weighted by atomic mass is 15.4. The Morgan fingerprint density at radius 2 is 1.08 bits per heavy atom. The van der Waals surface area contributed by atoms with Gasteiger partial charge in [0.2, 0.25) is 0 Å². The highest BCUT2D eigenvalue weighted by Gasteiger charge is 2.33. The number of nitrogens with zero attached hydrogens (tertiary/aromatic N) is 1. The molecule has 0 amide bonds. The van der Waals surface area contributed by atoms with Crippen LogP contribution in [0.1, 0.15) is 126 Å². The van der Waals surface area contributed by atoms with Crippen LogP contribution >= 0.6 is 0 Å². The number of unbranched alkanes of at least 4 members (excludes halogenated alkanes) is 5. The summed E-state index contributed by atoms with van der Waals surface area (Å²) >= 11 is 0. The van der Waals surface area contributed by atoms with Crippen molar-refractivity contribution in [3.05, 3.63) is 0 Å². The van der Waals surface area contributed by atoms with Gasteiger partial charge in [-0.15, -0.1) is 0 Å². The van der Waals surface area contributed by atoms with Crippen molar-refractivity contribution >= 4 is 0 Å². The fourth-order valence-corrected chi connectivity index (χ4v) is 4.27. The van der Waals surface area contributed by atoms with E-state index >= 15 is 0 Å². The summed E-state index contributed by atoms with van der Waals surface area (Å²) in [6, 6.07) is 0.829. The maximum atomic E-state index is 2.57. The predicted molar refractivity (Wildman–Crippen MR) is 116 cm³/mol. The van der Waals surface area contributed by atoms with Gasteiger partial charge in [0.15, 0.2) is 0 Å². The molecule has 0 saturated carbocycles. The first-order valence-corrected chi connectivity index (χ1v) is 11.7. The molecule has 0 aromatic rings. The zero-order valence-electron chi connectivity index (χ0n) is 19.1. The van der Waals surface area contributed by atoms with E-state index in [4.69, 9.17) is 0 Å². The van der Waals surface area contributed by atoms with Gasteiger partial charge in [-0.2, -0.15) is 0 Å². The van der Waals surface area contributed by atoms with E-state index in [-0.39, 0.29) is 0 Å². The van der Waals surface area contributed by atoms with Crippen molar-refractivity contribution < 1.29 is 4.48 Å². The molecule has 1 heteroatoms. The van der Waals surface area contributed by atoms with E-state index in [0.29, 0.717) is 5.41 Å². The molecule has 0 fully saturated rings. The van der Waals surface area contributed by atoms with E-state index in [1.807, 2.05) is 0 Å². The predicted octanol–water partition coefficient (Wildman–Crippen LogP) is 7.98. The van der Waals surface area contributed by atoms with Gasteiger partial charge in [0, 0.05) is 0 Å². The first-order valence-electron chi connectivity index (χ1n) is 11.7. The number of quaternary nitrogens is 1. The van der Waals surface area contributed by atoms with Gasteiger partial charge < -0.3 is 4.48 Å². The van der Waals surface area contributed by atoms with Crippen molar-refractivity contribution in [3.63, 3.8) is 0 Å². The van der Waals surface area contributed by atoms with Crippen LogP contribution in [0.4, 0.5) is 0 Å². The Morgan fingerprint density at radius 3 is 1.48 bits per heavy atom. The second-order valence-corrected chi connectivity index (χ2v) is 9.46. The molecule has 1 unspecified atom stereocenters. The van der Waals surface area contributed by atoms with Crippen LogP contribution in [0, 0.1) is 5.41 Å². The summed E-state index contributed by atoms with van der Waals surface area (Å²) in [4.78, 5) is 0. The summed E-state index contributed by atoms with van der Waals surface area (Å²) in [5, 5.41) is 0. The van der Waals surface area contributed by atoms with Crippen LogP contribution in [-0.2, 0) is 0 Å². The molecule has 0 aromatic heterocycles. The second-order valence-electron chi connectivity index (χ2n) is 9.46. The molecule has 1 atom stereocenters. The molecule has 0 aliphatic heterocycles. The SMILES string of the molecule is CCCCCC(C)(C)CCC(C)[N+](CCCC)(CCCC)CCCC. The van der Waals surface area contributed by atoms with E-state index in [0.717, 1.165) is 6.04 Å². The molecule has 0 spiro atoms. The molecule has 0 rings (SSSR count). The Labute approximate surface area is 161 Å². The van der Waals surface area contributed by atoms with E-state index in [2.05, 4.69) is 48.5 Å². The van der Waals surface area contributed by atoms with Crippen molar-refractivity contribution in [2.45, 2.75) is 132 Å². The van der Waals surface area contributed by atoms with Crippen LogP contribution in [0.5, 0.6) is 0 Å². The molecule has 0 aliphatic rings. The zero-order chi connectivity index (χ0) is 19.2. The topological polar surface area (TPSA) is 0 Å². The van der Waals surface area contributed by atoms with Crippen molar-refractivity contribution in [3.8, 4) is 0 Å². The second kappa shape index (κ2) is 14.1. The summed E-state index contributed by atoms with van der Waals surface area (Å²) in [5.74, 6) is 0. The monoisotopic (exact) mass is 354 g/mol. The molecule has 0 heterocycles. The van der Waals surface area contributed by atoms with Gasteiger partial charge in [0.05, 0.1) is 25.7 Å². The molecule has 0 bridgehead atoms. The van der Waals surface area contributed by atoms with Gasteiger partial charge in [-0.3, -0.25) is 0 Å². The standard InChI is InChI=1S/C24H52N/c1-8-12-16-18-24(6,7)19-17-23(5)25(20-13-9-2,21-14-10-3)22-15-11-4/h23H,8-22H2,1-7H3/q+1. The summed E-state index contributed by atoms with van der Waals surface area (Å²) in [5.41, 5.74) is 0.527. The molecule has 0 aromatic carbocycles. The van der Waals surface area contributed by atoms with Gasteiger partial charge in [0.25, 0.3) is 0 Å². The Morgan fingerprint density at radius 1 is 0.640 bits per heavy atom. The highest BCUT2D eigenvalue weighted by Crippen LogP contribution is 2.32. The van der Waals surface area contributed by atoms with Gasteiger partial charge >= 0.3 is 0 Å². The third-order valence-electron chi connectivity index (χ3n) is 6.50. The maximum absolute atomic E-state index is 2.57. The average molecular weight is 355 g/mol. The Hall–Kier alpha value is -0.0400. The Bertz CT molecular complexity index is 273. The minimum atomic E-state index is 0.527. The largest absolute Gasteiger partial charge is 0.321 e. The van der Waals surface area contributed by atoms with Crippen LogP contribution in [-0.4, -0.2) is 30.2 Å². The molecule has 152 valence electrons. The minimum absolute atomic E-state index is 0.527. The van der Waals surface area contributed by atoms with E-state index < -0.39 is 0 Å². The fraction of sp³-hybridized carbons (Fsp3) is 1.00. The van der Waals surface area contributed by atoms with Gasteiger partial charge in [-0.1, -0.05) is 80.1 Å². The Balaban J connectivity index is 4.87. The lowest BCUT2D eigenvalue weighted by Crippen LogP contribution is -2.56. The number of hydrogen-bond acceptors (Lipinski definition) is 0. The van der Waals surface area contributed by atoms with Gasteiger partial charge in [0.1, 0.15) is 0 Å². The lowest BCUT2D eigenvalue weighted by molar-refractivity contribution is -0.950. The lowest BCUT2D eigenvalue weighted by Gasteiger charge is -2.45.